The van der Waals surface area contributed by atoms with E-state index in [1.54, 1.807) is 12.1 Å². The van der Waals surface area contributed by atoms with Crippen LogP contribution in [-0.2, 0) is 9.59 Å². The van der Waals surface area contributed by atoms with E-state index in [-0.39, 0.29) is 47.4 Å². The quantitative estimate of drug-likeness (QED) is 0.324. The van der Waals surface area contributed by atoms with Crippen LogP contribution in [-0.4, -0.2) is 42.1 Å². The van der Waals surface area contributed by atoms with Crippen LogP contribution in [0, 0.1) is 0 Å². The number of hydrogen-bond acceptors (Lipinski definition) is 5. The Morgan fingerprint density at radius 2 is 0.974 bits per heavy atom. The molecule has 0 spiro atoms. The van der Waals surface area contributed by atoms with Gasteiger partial charge in [-0.1, -0.05) is 36.4 Å². The molecule has 2 unspecified atom stereocenters. The van der Waals surface area contributed by atoms with Gasteiger partial charge in [-0.3, -0.25) is 9.59 Å². The number of phenolic OH excluding ortho intramolecular Hbond substituents is 1. The van der Waals surface area contributed by atoms with Crippen LogP contribution in [0.5, 0.6) is 5.75 Å². The van der Waals surface area contributed by atoms with Gasteiger partial charge in [0.25, 0.3) is 0 Å². The second-order valence-corrected chi connectivity index (χ2v) is 10.7. The van der Waals surface area contributed by atoms with Crippen molar-refractivity contribution in [3.8, 4) is 5.75 Å². The van der Waals surface area contributed by atoms with Crippen molar-refractivity contribution in [1.82, 2.24) is 10.6 Å². The van der Waals surface area contributed by atoms with E-state index >= 15 is 0 Å². The zero-order chi connectivity index (χ0) is 26.1. The molecule has 6 rings (SSSR count). The number of anilines is 2. The normalized spacial score (nSPS) is 26.2. The molecule has 1 saturated carbocycles. The Kier molecular flexibility index (Phi) is 6.87. The molecule has 4 atom stereocenters. The van der Waals surface area contributed by atoms with Gasteiger partial charge in [0.15, 0.2) is 0 Å². The fourth-order valence-electron chi connectivity index (χ4n) is 6.10. The number of phenols is 1. The minimum Gasteiger partial charge on any atom is -0.508 e. The van der Waals surface area contributed by atoms with E-state index < -0.39 is 0 Å². The Hall–Kier alpha value is -3.68. The van der Waals surface area contributed by atoms with Crippen molar-refractivity contribution < 1.29 is 14.7 Å². The van der Waals surface area contributed by atoms with Gasteiger partial charge < -0.3 is 26.4 Å². The van der Waals surface area contributed by atoms with Crippen molar-refractivity contribution in [3.05, 3.63) is 89.5 Å². The van der Waals surface area contributed by atoms with Crippen LogP contribution in [0.2, 0.25) is 0 Å². The third kappa shape index (κ3) is 5.17. The molecule has 0 aromatic heterocycles. The van der Waals surface area contributed by atoms with E-state index in [4.69, 9.17) is 0 Å². The monoisotopic (exact) mass is 510 g/mol. The molecule has 196 valence electrons. The number of nitrogens with one attached hydrogen (secondary N) is 4. The largest absolute Gasteiger partial charge is 0.508 e. The maximum atomic E-state index is 12.5. The van der Waals surface area contributed by atoms with E-state index in [0.717, 1.165) is 50.1 Å². The van der Waals surface area contributed by atoms with E-state index in [0.29, 0.717) is 0 Å². The van der Waals surface area contributed by atoms with Gasteiger partial charge in [0.05, 0.1) is 12.1 Å². The summed E-state index contributed by atoms with van der Waals surface area (Å²) in [6, 6.07) is 23.7. The Labute approximate surface area is 223 Å². The fourth-order valence-corrected chi connectivity index (χ4v) is 6.10. The highest BCUT2D eigenvalue weighted by molar-refractivity contribution is 5.95. The highest BCUT2D eigenvalue weighted by Gasteiger charge is 2.52. The van der Waals surface area contributed by atoms with E-state index in [9.17, 15) is 14.7 Å². The van der Waals surface area contributed by atoms with Gasteiger partial charge in [0.2, 0.25) is 11.8 Å². The lowest BCUT2D eigenvalue weighted by Gasteiger charge is -2.12. The molecule has 3 aromatic carbocycles. The minimum atomic E-state index is -0.108. The van der Waals surface area contributed by atoms with E-state index in [1.165, 1.54) is 16.7 Å². The van der Waals surface area contributed by atoms with Crippen molar-refractivity contribution >= 4 is 23.2 Å². The van der Waals surface area contributed by atoms with Gasteiger partial charge in [-0.25, -0.2) is 0 Å². The van der Waals surface area contributed by atoms with Crippen LogP contribution in [0.3, 0.4) is 0 Å². The standard InChI is InChI=1S/C31H34N4O3/c36-24-15-9-21(10-16-24)29-27(19-5-11-22(12-6-19)34-30(37)25-3-1-17-32-25)28(29)20-7-13-23(14-8-20)35-31(38)26-4-2-18-33-26/h5-16,25-29,32-33,36H,1-4,17-18H2,(H,34,37)(H,35,38)/t25-,26-,27?,28?,29?/m0/s1. The lowest BCUT2D eigenvalue weighted by Crippen LogP contribution is -2.35. The maximum absolute atomic E-state index is 12.5. The van der Waals surface area contributed by atoms with Crippen LogP contribution in [0.25, 0.3) is 0 Å². The molecule has 2 aliphatic heterocycles. The first kappa shape index (κ1) is 24.6. The molecule has 2 saturated heterocycles. The average molecular weight is 511 g/mol. The number of carbonyl (C=O) groups is 2. The topological polar surface area (TPSA) is 102 Å². The smallest absolute Gasteiger partial charge is 0.241 e. The first-order valence-corrected chi connectivity index (χ1v) is 13.6. The van der Waals surface area contributed by atoms with Crippen molar-refractivity contribution in [2.75, 3.05) is 23.7 Å². The van der Waals surface area contributed by atoms with Crippen molar-refractivity contribution in [1.29, 1.82) is 0 Å². The lowest BCUT2D eigenvalue weighted by atomic mass is 10.0. The van der Waals surface area contributed by atoms with Crippen molar-refractivity contribution in [2.45, 2.75) is 55.5 Å². The van der Waals surface area contributed by atoms with E-state index in [1.807, 2.05) is 36.4 Å². The van der Waals surface area contributed by atoms with Crippen molar-refractivity contribution in [2.24, 2.45) is 0 Å². The molecular weight excluding hydrogens is 476 g/mol. The summed E-state index contributed by atoms with van der Waals surface area (Å²) in [6.07, 6.45) is 3.82. The van der Waals surface area contributed by atoms with Crippen LogP contribution < -0.4 is 21.3 Å². The third-order valence-electron chi connectivity index (χ3n) is 8.18. The number of benzene rings is 3. The van der Waals surface area contributed by atoms with Crippen LogP contribution in [0.1, 0.15) is 60.1 Å². The first-order valence-electron chi connectivity index (χ1n) is 13.6. The molecule has 2 heterocycles. The molecule has 7 nitrogen and oxygen atoms in total. The van der Waals surface area contributed by atoms with Gasteiger partial charge in [-0.05, 0) is 110 Å². The Balaban J connectivity index is 1.19. The Morgan fingerprint density at radius 3 is 1.32 bits per heavy atom. The lowest BCUT2D eigenvalue weighted by molar-refractivity contribution is -0.118. The van der Waals surface area contributed by atoms with Gasteiger partial charge in [-0.2, -0.15) is 0 Å². The summed E-state index contributed by atoms with van der Waals surface area (Å²) in [5.41, 5.74) is 5.24. The van der Waals surface area contributed by atoms with Gasteiger partial charge in [-0.15, -0.1) is 0 Å². The molecule has 0 radical (unpaired) electrons. The number of rotatable bonds is 7. The van der Waals surface area contributed by atoms with Crippen LogP contribution in [0.4, 0.5) is 11.4 Å². The molecule has 0 bridgehead atoms. The zero-order valence-electron chi connectivity index (χ0n) is 21.3. The molecule has 3 fully saturated rings. The van der Waals surface area contributed by atoms with Gasteiger partial charge >= 0.3 is 0 Å². The first-order chi connectivity index (χ1) is 18.6. The summed E-state index contributed by atoms with van der Waals surface area (Å²) in [5.74, 6) is 1.15. The van der Waals surface area contributed by atoms with Gasteiger partial charge in [0, 0.05) is 11.4 Å². The molecule has 5 N–H and O–H groups in total. The molecule has 38 heavy (non-hydrogen) atoms. The highest BCUT2D eigenvalue weighted by Crippen LogP contribution is 2.66. The summed E-state index contributed by atoms with van der Waals surface area (Å²) in [4.78, 5) is 25.0. The molecule has 1 aliphatic carbocycles. The third-order valence-corrected chi connectivity index (χ3v) is 8.18. The van der Waals surface area contributed by atoms with Crippen molar-refractivity contribution in [3.63, 3.8) is 0 Å². The molecule has 3 aromatic rings. The molecule has 2 amide bonds. The SMILES string of the molecule is O=C(Nc1ccc(C2C(c3ccc(O)cc3)C2c2ccc(NC(=O)[C@@H]3CCCN3)cc2)cc1)[C@@H]1CCCN1. The fraction of sp³-hybridized carbons (Fsp3) is 0.355. The Morgan fingerprint density at radius 1 is 0.605 bits per heavy atom. The second-order valence-electron chi connectivity index (χ2n) is 10.7. The minimum absolute atomic E-state index is 0.0254. The average Bonchev–Trinajstić information content (AvgIpc) is 3.31. The summed E-state index contributed by atoms with van der Waals surface area (Å²) < 4.78 is 0. The number of amides is 2. The Bertz CT molecular complexity index is 1200. The summed E-state index contributed by atoms with van der Waals surface area (Å²) in [6.45, 7) is 1.79. The maximum Gasteiger partial charge on any atom is 0.241 e. The molecule has 7 heteroatoms. The van der Waals surface area contributed by atoms with Crippen LogP contribution >= 0.6 is 0 Å². The zero-order valence-corrected chi connectivity index (χ0v) is 21.3. The van der Waals surface area contributed by atoms with E-state index in [2.05, 4.69) is 45.5 Å². The number of carbonyl (C=O) groups excluding carboxylic acids is 2. The summed E-state index contributed by atoms with van der Waals surface area (Å²) in [7, 11) is 0. The molecular formula is C31H34N4O3. The highest BCUT2D eigenvalue weighted by atomic mass is 16.3. The summed E-state index contributed by atoms with van der Waals surface area (Å²) >= 11 is 0. The number of aromatic hydroxyl groups is 1. The molecule has 3 aliphatic rings. The van der Waals surface area contributed by atoms with Gasteiger partial charge in [0.1, 0.15) is 5.75 Å². The predicted octanol–water partition coefficient (Wildman–Crippen LogP) is 4.44. The van der Waals surface area contributed by atoms with Crippen LogP contribution in [0.15, 0.2) is 72.8 Å². The predicted molar refractivity (Wildman–Crippen MR) is 149 cm³/mol. The summed E-state index contributed by atoms with van der Waals surface area (Å²) in [5, 5.41) is 22.4. The number of hydrogen-bond donors (Lipinski definition) is 5. The second kappa shape index (κ2) is 10.6.